The number of rotatable bonds is 4. The molecule has 0 saturated carbocycles. The number of nitro benzene ring substituents is 1. The lowest BCUT2D eigenvalue weighted by Crippen LogP contribution is -2.49. The molecule has 23 heavy (non-hydrogen) atoms. The zero-order chi connectivity index (χ0) is 16.1. The number of nitrogens with zero attached hydrogens (tertiary/aromatic N) is 3. The number of hydrogen-bond acceptors (Lipinski definition) is 5. The van der Waals surface area contributed by atoms with E-state index in [2.05, 4.69) is 5.32 Å². The van der Waals surface area contributed by atoms with Gasteiger partial charge in [0.15, 0.2) is 0 Å². The Morgan fingerprint density at radius 3 is 2.35 bits per heavy atom. The zero-order valence-electron chi connectivity index (χ0n) is 12.7. The number of likely N-dealkylation sites (N-methyl/N-ethyl adjacent to an activating group) is 1. The van der Waals surface area contributed by atoms with Gasteiger partial charge in [0.25, 0.3) is 11.6 Å². The molecule has 0 unspecified atom stereocenters. The number of hydrogen-bond donors (Lipinski definition) is 1. The lowest BCUT2D eigenvalue weighted by Gasteiger charge is -2.29. The van der Waals surface area contributed by atoms with Crippen LogP contribution in [0.2, 0.25) is 0 Å². The Hall–Kier alpha value is -2.19. The molecule has 1 aromatic carbocycles. The quantitative estimate of drug-likeness (QED) is 0.635. The second-order valence-corrected chi connectivity index (χ2v) is 5.10. The maximum Gasteiger partial charge on any atom is 0.269 e. The highest BCUT2D eigenvalue weighted by Gasteiger charge is 2.21. The highest BCUT2D eigenvalue weighted by Crippen LogP contribution is 2.13. The first-order valence-corrected chi connectivity index (χ1v) is 6.97. The maximum absolute atomic E-state index is 12.2. The Balaban J connectivity index is 0.00000264. The Morgan fingerprint density at radius 2 is 1.83 bits per heavy atom. The Bertz CT molecular complexity index is 573. The minimum Gasteiger partial charge on any atom is -0.339 e. The summed E-state index contributed by atoms with van der Waals surface area (Å²) in [5.41, 5.74) is 0.248. The number of halogens is 1. The van der Waals surface area contributed by atoms with E-state index in [0.29, 0.717) is 18.7 Å². The van der Waals surface area contributed by atoms with E-state index in [9.17, 15) is 19.7 Å². The molecule has 1 saturated heterocycles. The smallest absolute Gasteiger partial charge is 0.269 e. The molecule has 9 heteroatoms. The lowest BCUT2D eigenvalue weighted by atomic mass is 10.2. The molecule has 1 aliphatic rings. The van der Waals surface area contributed by atoms with Gasteiger partial charge in [-0.05, 0) is 12.1 Å². The summed E-state index contributed by atoms with van der Waals surface area (Å²) in [4.78, 5) is 37.4. The number of benzene rings is 1. The van der Waals surface area contributed by atoms with Gasteiger partial charge in [0.1, 0.15) is 0 Å². The summed E-state index contributed by atoms with van der Waals surface area (Å²) < 4.78 is 0. The summed E-state index contributed by atoms with van der Waals surface area (Å²) >= 11 is 0. The summed E-state index contributed by atoms with van der Waals surface area (Å²) in [6.45, 7) is 2.78. The monoisotopic (exact) mass is 342 g/mol. The van der Waals surface area contributed by atoms with Gasteiger partial charge in [0, 0.05) is 50.9 Å². The van der Waals surface area contributed by atoms with Crippen LogP contribution < -0.4 is 5.32 Å². The van der Waals surface area contributed by atoms with Crippen molar-refractivity contribution in [3.63, 3.8) is 0 Å². The molecule has 1 aliphatic heterocycles. The van der Waals surface area contributed by atoms with Crippen LogP contribution in [0.5, 0.6) is 0 Å². The molecule has 0 spiro atoms. The van der Waals surface area contributed by atoms with E-state index in [0.717, 1.165) is 13.1 Å². The Labute approximate surface area is 140 Å². The summed E-state index contributed by atoms with van der Waals surface area (Å²) in [5.74, 6) is -0.433. The summed E-state index contributed by atoms with van der Waals surface area (Å²) in [6.07, 6.45) is 0. The summed E-state index contributed by atoms with van der Waals surface area (Å²) in [5, 5.41) is 13.7. The first-order chi connectivity index (χ1) is 10.5. The molecular weight excluding hydrogens is 324 g/mol. The maximum atomic E-state index is 12.2. The summed E-state index contributed by atoms with van der Waals surface area (Å²) in [7, 11) is 1.55. The van der Waals surface area contributed by atoms with Gasteiger partial charge in [-0.1, -0.05) is 0 Å². The average Bonchev–Trinajstić information content (AvgIpc) is 2.55. The van der Waals surface area contributed by atoms with Gasteiger partial charge >= 0.3 is 0 Å². The summed E-state index contributed by atoms with van der Waals surface area (Å²) in [6, 6.07) is 5.34. The van der Waals surface area contributed by atoms with Gasteiger partial charge in [-0.25, -0.2) is 0 Å². The van der Waals surface area contributed by atoms with Crippen LogP contribution in [0.25, 0.3) is 0 Å². The first-order valence-electron chi connectivity index (χ1n) is 6.97. The molecule has 1 aromatic rings. The standard InChI is InChI=1S/C14H18N4O4.ClH/c1-16(10-13(19)17-8-6-15-7-9-17)14(20)11-2-4-12(5-3-11)18(21)22;/h2-5,15H,6-10H2,1H3;1H. The predicted molar refractivity (Wildman–Crippen MR) is 86.8 cm³/mol. The van der Waals surface area contributed by atoms with Crippen molar-refractivity contribution in [3.8, 4) is 0 Å². The second kappa shape index (κ2) is 8.44. The Morgan fingerprint density at radius 1 is 1.26 bits per heavy atom. The van der Waals surface area contributed by atoms with Gasteiger partial charge in [-0.15, -0.1) is 12.4 Å². The first kappa shape index (κ1) is 18.9. The molecule has 0 bridgehead atoms. The number of nitro groups is 1. The molecule has 8 nitrogen and oxygen atoms in total. The number of amides is 2. The van der Waals surface area contributed by atoms with E-state index in [1.165, 1.54) is 29.2 Å². The number of piperazine rings is 1. The van der Waals surface area contributed by atoms with Crippen LogP contribution >= 0.6 is 12.4 Å². The highest BCUT2D eigenvalue weighted by molar-refractivity contribution is 5.96. The molecule has 1 fully saturated rings. The van der Waals surface area contributed by atoms with E-state index in [-0.39, 0.29) is 36.5 Å². The van der Waals surface area contributed by atoms with E-state index < -0.39 is 4.92 Å². The van der Waals surface area contributed by atoms with E-state index in [1.807, 2.05) is 0 Å². The van der Waals surface area contributed by atoms with Gasteiger partial charge in [0.2, 0.25) is 5.91 Å². The number of non-ortho nitro benzene ring substituents is 1. The normalized spacial score (nSPS) is 13.9. The van der Waals surface area contributed by atoms with Crippen molar-refractivity contribution in [3.05, 3.63) is 39.9 Å². The van der Waals surface area contributed by atoms with Crippen LogP contribution in [-0.4, -0.2) is 66.3 Å². The minimum atomic E-state index is -0.522. The molecule has 2 amide bonds. The molecule has 126 valence electrons. The number of carbonyl (C=O) groups is 2. The topological polar surface area (TPSA) is 95.8 Å². The van der Waals surface area contributed by atoms with Crippen LogP contribution in [0.15, 0.2) is 24.3 Å². The fourth-order valence-corrected chi connectivity index (χ4v) is 2.24. The molecule has 2 rings (SSSR count). The molecule has 0 atom stereocenters. The Kier molecular flexibility index (Phi) is 6.92. The SMILES string of the molecule is CN(CC(=O)N1CCNCC1)C(=O)c1ccc([N+](=O)[O-])cc1.Cl. The van der Waals surface area contributed by atoms with Crippen LogP contribution in [-0.2, 0) is 4.79 Å². The molecule has 1 heterocycles. The fraction of sp³-hybridized carbons (Fsp3) is 0.429. The largest absolute Gasteiger partial charge is 0.339 e. The van der Waals surface area contributed by atoms with Crippen LogP contribution in [0.1, 0.15) is 10.4 Å². The van der Waals surface area contributed by atoms with Crippen molar-refractivity contribution in [2.45, 2.75) is 0 Å². The second-order valence-electron chi connectivity index (χ2n) is 5.10. The van der Waals surface area contributed by atoms with Gasteiger partial charge in [-0.3, -0.25) is 19.7 Å². The minimum absolute atomic E-state index is 0. The van der Waals surface area contributed by atoms with Crippen molar-refractivity contribution >= 4 is 29.9 Å². The van der Waals surface area contributed by atoms with E-state index >= 15 is 0 Å². The molecule has 0 aromatic heterocycles. The van der Waals surface area contributed by atoms with E-state index in [4.69, 9.17) is 0 Å². The number of nitrogens with one attached hydrogen (secondary N) is 1. The third-order valence-electron chi connectivity index (χ3n) is 3.51. The predicted octanol–water partition coefficient (Wildman–Crippen LogP) is 0.520. The molecular formula is C14H19ClN4O4. The molecule has 0 aliphatic carbocycles. The van der Waals surface area contributed by atoms with Crippen LogP contribution in [0.4, 0.5) is 5.69 Å². The van der Waals surface area contributed by atoms with Crippen molar-refractivity contribution in [2.24, 2.45) is 0 Å². The average molecular weight is 343 g/mol. The van der Waals surface area contributed by atoms with Crippen molar-refractivity contribution in [1.29, 1.82) is 0 Å². The highest BCUT2D eigenvalue weighted by atomic mass is 35.5. The van der Waals surface area contributed by atoms with Gasteiger partial charge < -0.3 is 15.1 Å². The van der Waals surface area contributed by atoms with Gasteiger partial charge in [0.05, 0.1) is 11.5 Å². The zero-order valence-corrected chi connectivity index (χ0v) is 13.5. The third kappa shape index (κ3) is 4.90. The van der Waals surface area contributed by atoms with E-state index in [1.54, 1.807) is 11.9 Å². The fourth-order valence-electron chi connectivity index (χ4n) is 2.24. The van der Waals surface area contributed by atoms with Crippen molar-refractivity contribution < 1.29 is 14.5 Å². The van der Waals surface area contributed by atoms with Crippen molar-refractivity contribution in [1.82, 2.24) is 15.1 Å². The van der Waals surface area contributed by atoms with Gasteiger partial charge in [-0.2, -0.15) is 0 Å². The number of carbonyl (C=O) groups excluding carboxylic acids is 2. The molecule has 1 N–H and O–H groups in total. The van der Waals surface area contributed by atoms with Crippen LogP contribution in [0.3, 0.4) is 0 Å². The molecule has 0 radical (unpaired) electrons. The van der Waals surface area contributed by atoms with Crippen LogP contribution in [0, 0.1) is 10.1 Å². The van der Waals surface area contributed by atoms with Crippen molar-refractivity contribution in [2.75, 3.05) is 39.8 Å². The third-order valence-corrected chi connectivity index (χ3v) is 3.51. The lowest BCUT2D eigenvalue weighted by molar-refractivity contribution is -0.384.